The molecule has 3 nitrogen and oxygen atoms in total. The van der Waals surface area contributed by atoms with Gasteiger partial charge < -0.3 is 5.11 Å². The third-order valence-electron chi connectivity index (χ3n) is 2.70. The van der Waals surface area contributed by atoms with Crippen LogP contribution in [0.4, 0.5) is 0 Å². The second-order valence-electron chi connectivity index (χ2n) is 4.68. The summed E-state index contributed by atoms with van der Waals surface area (Å²) >= 11 is 0. The molecule has 0 saturated carbocycles. The van der Waals surface area contributed by atoms with E-state index in [1.807, 2.05) is 0 Å². The highest BCUT2D eigenvalue weighted by atomic mass is 16.4. The standard InChI is InChI=1S/C13H19NO2/c1-8(2)11-6-14-7-12(9(3)4)10(11)5-13(15)16/h6-9H,5H2,1-4H3,(H,15,16). The number of carboxylic acid groups (broad SMARTS) is 1. The molecule has 0 atom stereocenters. The molecule has 1 N–H and O–H groups in total. The molecule has 88 valence electrons. The average molecular weight is 221 g/mol. The van der Waals surface area contributed by atoms with Crippen LogP contribution in [0.15, 0.2) is 12.4 Å². The van der Waals surface area contributed by atoms with Crippen molar-refractivity contribution in [2.24, 2.45) is 0 Å². The number of aromatic nitrogens is 1. The number of rotatable bonds is 4. The molecule has 1 aromatic heterocycles. The molecule has 0 unspecified atom stereocenters. The van der Waals surface area contributed by atoms with Crippen LogP contribution < -0.4 is 0 Å². The SMILES string of the molecule is CC(C)c1cncc(C(C)C)c1CC(=O)O. The largest absolute Gasteiger partial charge is 0.481 e. The normalized spacial score (nSPS) is 11.1. The zero-order valence-corrected chi connectivity index (χ0v) is 10.3. The molecule has 0 aliphatic heterocycles. The molecule has 0 radical (unpaired) electrons. The van der Waals surface area contributed by atoms with Gasteiger partial charge in [-0.05, 0) is 28.5 Å². The van der Waals surface area contributed by atoms with E-state index in [0.29, 0.717) is 11.8 Å². The Kier molecular flexibility index (Phi) is 4.05. The number of carbonyl (C=O) groups is 1. The maximum atomic E-state index is 10.9. The monoisotopic (exact) mass is 221 g/mol. The molecule has 0 fully saturated rings. The molecule has 3 heteroatoms. The number of carboxylic acids is 1. The topological polar surface area (TPSA) is 50.2 Å². The number of aliphatic carboxylic acids is 1. The lowest BCUT2D eigenvalue weighted by molar-refractivity contribution is -0.136. The number of hydrogen-bond acceptors (Lipinski definition) is 2. The van der Waals surface area contributed by atoms with E-state index < -0.39 is 5.97 Å². The van der Waals surface area contributed by atoms with Gasteiger partial charge in [-0.25, -0.2) is 0 Å². The average Bonchev–Trinajstić information content (AvgIpc) is 2.16. The molecule has 16 heavy (non-hydrogen) atoms. The lowest BCUT2D eigenvalue weighted by Gasteiger charge is -2.17. The fraction of sp³-hybridized carbons (Fsp3) is 0.538. The van der Waals surface area contributed by atoms with Crippen molar-refractivity contribution >= 4 is 5.97 Å². The van der Waals surface area contributed by atoms with Crippen LogP contribution in [-0.2, 0) is 11.2 Å². The zero-order chi connectivity index (χ0) is 12.3. The second kappa shape index (κ2) is 5.10. The van der Waals surface area contributed by atoms with E-state index in [1.165, 1.54) is 0 Å². The minimum atomic E-state index is -0.782. The summed E-state index contributed by atoms with van der Waals surface area (Å²) in [5.74, 6) is -0.170. The summed E-state index contributed by atoms with van der Waals surface area (Å²) in [5, 5.41) is 8.96. The van der Waals surface area contributed by atoms with Crippen LogP contribution in [0.25, 0.3) is 0 Å². The smallest absolute Gasteiger partial charge is 0.307 e. The lowest BCUT2D eigenvalue weighted by atomic mass is 9.89. The Bertz CT molecular complexity index is 357. The molecule has 0 spiro atoms. The fourth-order valence-electron chi connectivity index (χ4n) is 1.87. The van der Waals surface area contributed by atoms with Gasteiger partial charge in [0, 0.05) is 12.4 Å². The van der Waals surface area contributed by atoms with E-state index in [-0.39, 0.29) is 6.42 Å². The molecule has 1 rings (SSSR count). The summed E-state index contributed by atoms with van der Waals surface area (Å²) in [6, 6.07) is 0. The van der Waals surface area contributed by atoms with E-state index in [4.69, 9.17) is 5.11 Å². The van der Waals surface area contributed by atoms with E-state index in [1.54, 1.807) is 12.4 Å². The predicted octanol–water partition coefficient (Wildman–Crippen LogP) is 2.96. The summed E-state index contributed by atoms with van der Waals surface area (Å²) in [5.41, 5.74) is 3.04. The Morgan fingerprint density at radius 1 is 1.19 bits per heavy atom. The highest BCUT2D eigenvalue weighted by molar-refractivity contribution is 5.71. The predicted molar refractivity (Wildman–Crippen MR) is 63.8 cm³/mol. The molecule has 0 aromatic carbocycles. The van der Waals surface area contributed by atoms with Crippen molar-refractivity contribution < 1.29 is 9.90 Å². The van der Waals surface area contributed by atoms with Crippen LogP contribution in [-0.4, -0.2) is 16.1 Å². The molecule has 1 aromatic rings. The third kappa shape index (κ3) is 2.81. The summed E-state index contributed by atoms with van der Waals surface area (Å²) in [6.07, 6.45) is 3.66. The highest BCUT2D eigenvalue weighted by Crippen LogP contribution is 2.26. The van der Waals surface area contributed by atoms with Crippen molar-refractivity contribution in [1.82, 2.24) is 4.98 Å². The lowest BCUT2D eigenvalue weighted by Crippen LogP contribution is -2.10. The van der Waals surface area contributed by atoms with E-state index in [9.17, 15) is 4.79 Å². The first-order valence-electron chi connectivity index (χ1n) is 5.62. The highest BCUT2D eigenvalue weighted by Gasteiger charge is 2.16. The zero-order valence-electron chi connectivity index (χ0n) is 10.3. The number of nitrogens with zero attached hydrogens (tertiary/aromatic N) is 1. The van der Waals surface area contributed by atoms with E-state index >= 15 is 0 Å². The Labute approximate surface area is 96.5 Å². The summed E-state index contributed by atoms with van der Waals surface area (Å²) in [7, 11) is 0. The van der Waals surface area contributed by atoms with Gasteiger partial charge in [-0.3, -0.25) is 9.78 Å². The van der Waals surface area contributed by atoms with Crippen LogP contribution in [0, 0.1) is 0 Å². The van der Waals surface area contributed by atoms with Crippen molar-refractivity contribution in [1.29, 1.82) is 0 Å². The minimum Gasteiger partial charge on any atom is -0.481 e. The maximum absolute atomic E-state index is 10.9. The molecule has 0 aliphatic rings. The van der Waals surface area contributed by atoms with Crippen LogP contribution in [0.1, 0.15) is 56.2 Å². The molecular formula is C13H19NO2. The van der Waals surface area contributed by atoms with Crippen molar-refractivity contribution in [2.45, 2.75) is 46.0 Å². The number of hydrogen-bond donors (Lipinski definition) is 1. The van der Waals surface area contributed by atoms with Gasteiger partial charge in [0.15, 0.2) is 0 Å². The summed E-state index contributed by atoms with van der Waals surface area (Å²) < 4.78 is 0. The van der Waals surface area contributed by atoms with Gasteiger partial charge in [0.25, 0.3) is 0 Å². The van der Waals surface area contributed by atoms with E-state index in [0.717, 1.165) is 16.7 Å². The first-order valence-corrected chi connectivity index (χ1v) is 5.62. The van der Waals surface area contributed by atoms with Crippen molar-refractivity contribution in [3.63, 3.8) is 0 Å². The molecule has 0 amide bonds. The Balaban J connectivity index is 3.28. The van der Waals surface area contributed by atoms with Gasteiger partial charge in [-0.15, -0.1) is 0 Å². The molecular weight excluding hydrogens is 202 g/mol. The molecule has 0 bridgehead atoms. The van der Waals surface area contributed by atoms with Crippen molar-refractivity contribution in [3.05, 3.63) is 29.1 Å². The first kappa shape index (κ1) is 12.7. The fourth-order valence-corrected chi connectivity index (χ4v) is 1.87. The van der Waals surface area contributed by atoms with Gasteiger partial charge >= 0.3 is 5.97 Å². The van der Waals surface area contributed by atoms with Crippen LogP contribution >= 0.6 is 0 Å². The minimum absolute atomic E-state index is 0.0869. The summed E-state index contributed by atoms with van der Waals surface area (Å²) in [4.78, 5) is 15.1. The molecule has 0 aliphatic carbocycles. The van der Waals surface area contributed by atoms with Gasteiger partial charge in [-0.1, -0.05) is 27.7 Å². The van der Waals surface area contributed by atoms with Crippen molar-refractivity contribution in [2.75, 3.05) is 0 Å². The third-order valence-corrected chi connectivity index (χ3v) is 2.70. The van der Waals surface area contributed by atoms with E-state index in [2.05, 4.69) is 32.7 Å². The van der Waals surface area contributed by atoms with Crippen LogP contribution in [0.5, 0.6) is 0 Å². The first-order chi connectivity index (χ1) is 7.43. The molecule has 1 heterocycles. The Hall–Kier alpha value is -1.38. The quantitative estimate of drug-likeness (QED) is 0.850. The second-order valence-corrected chi connectivity index (χ2v) is 4.68. The Morgan fingerprint density at radius 3 is 1.94 bits per heavy atom. The van der Waals surface area contributed by atoms with Gasteiger partial charge in [0.2, 0.25) is 0 Å². The summed E-state index contributed by atoms with van der Waals surface area (Å²) in [6.45, 7) is 8.25. The molecule has 0 saturated heterocycles. The van der Waals surface area contributed by atoms with Gasteiger partial charge in [-0.2, -0.15) is 0 Å². The maximum Gasteiger partial charge on any atom is 0.307 e. The number of pyridine rings is 1. The van der Waals surface area contributed by atoms with Crippen LogP contribution in [0.2, 0.25) is 0 Å². The Morgan fingerprint density at radius 2 is 1.62 bits per heavy atom. The van der Waals surface area contributed by atoms with Crippen LogP contribution in [0.3, 0.4) is 0 Å². The van der Waals surface area contributed by atoms with Gasteiger partial charge in [0.1, 0.15) is 0 Å². The van der Waals surface area contributed by atoms with Gasteiger partial charge in [0.05, 0.1) is 6.42 Å². The van der Waals surface area contributed by atoms with Crippen molar-refractivity contribution in [3.8, 4) is 0 Å².